The van der Waals surface area contributed by atoms with Crippen LogP contribution in [-0.2, 0) is 13.5 Å². The van der Waals surface area contributed by atoms with E-state index in [2.05, 4.69) is 33.9 Å². The molecule has 1 saturated heterocycles. The Morgan fingerprint density at radius 3 is 2.59 bits per heavy atom. The van der Waals surface area contributed by atoms with E-state index in [4.69, 9.17) is 0 Å². The molecule has 9 heteroatoms. The largest absolute Gasteiger partial charge is 0.340 e. The fourth-order valence-electron chi connectivity index (χ4n) is 3.54. The zero-order valence-electron chi connectivity index (χ0n) is 17.0. The standard InChI is InChI=1S/C20H25N7O2/c1-4-25(5-2)20-22-17-8-7-14(13-27(17)23-20)11-16(28)18-15(12-21-24(18)3)19(29)26-9-6-10-26/h7-8,12-13H,4-6,9-11H2,1-3H3. The van der Waals surface area contributed by atoms with E-state index in [1.807, 2.05) is 18.3 Å². The lowest BCUT2D eigenvalue weighted by Crippen LogP contribution is -2.42. The lowest BCUT2D eigenvalue weighted by Gasteiger charge is -2.30. The van der Waals surface area contributed by atoms with Gasteiger partial charge in [0.25, 0.3) is 5.91 Å². The Labute approximate surface area is 168 Å². The summed E-state index contributed by atoms with van der Waals surface area (Å²) < 4.78 is 3.19. The average Bonchev–Trinajstić information content (AvgIpc) is 3.24. The van der Waals surface area contributed by atoms with Gasteiger partial charge in [-0.05, 0) is 31.9 Å². The van der Waals surface area contributed by atoms with E-state index in [0.29, 0.717) is 17.2 Å². The number of amides is 1. The van der Waals surface area contributed by atoms with Crippen LogP contribution in [0.1, 0.15) is 46.7 Å². The Hall–Kier alpha value is -3.23. The number of nitrogens with zero attached hydrogens (tertiary/aromatic N) is 7. The van der Waals surface area contributed by atoms with E-state index in [1.165, 1.54) is 10.9 Å². The molecule has 3 aromatic rings. The summed E-state index contributed by atoms with van der Waals surface area (Å²) in [6, 6.07) is 3.74. The number of Topliss-reactive ketones (excluding diaryl/α,β-unsaturated/α-hetero) is 1. The second-order valence-electron chi connectivity index (χ2n) is 7.20. The number of rotatable bonds is 7. The summed E-state index contributed by atoms with van der Waals surface area (Å²) in [6.45, 7) is 7.25. The van der Waals surface area contributed by atoms with Crippen LogP contribution in [0.3, 0.4) is 0 Å². The Bertz CT molecular complexity index is 1060. The molecule has 0 radical (unpaired) electrons. The van der Waals surface area contributed by atoms with Crippen LogP contribution in [0.25, 0.3) is 5.65 Å². The lowest BCUT2D eigenvalue weighted by atomic mass is 10.0. The number of carbonyl (C=O) groups is 2. The van der Waals surface area contributed by atoms with Crippen molar-refractivity contribution in [2.45, 2.75) is 26.7 Å². The van der Waals surface area contributed by atoms with Gasteiger partial charge >= 0.3 is 0 Å². The molecule has 0 bridgehead atoms. The van der Waals surface area contributed by atoms with Gasteiger partial charge in [-0.2, -0.15) is 10.1 Å². The SMILES string of the molecule is CCN(CC)c1nc2ccc(CC(=O)c3c(C(=O)N4CCC4)cnn3C)cn2n1. The molecule has 1 aliphatic heterocycles. The molecule has 0 spiro atoms. The number of carbonyl (C=O) groups excluding carboxylic acids is 2. The number of anilines is 1. The number of hydrogen-bond acceptors (Lipinski definition) is 6. The number of ketones is 1. The van der Waals surface area contributed by atoms with Crippen LogP contribution in [0, 0.1) is 0 Å². The Morgan fingerprint density at radius 1 is 1.17 bits per heavy atom. The molecule has 29 heavy (non-hydrogen) atoms. The Kier molecular flexibility index (Phi) is 5.04. The molecule has 152 valence electrons. The van der Waals surface area contributed by atoms with Crippen molar-refractivity contribution in [1.82, 2.24) is 29.3 Å². The van der Waals surface area contributed by atoms with Gasteiger partial charge < -0.3 is 9.80 Å². The predicted octanol–water partition coefficient (Wildman–Crippen LogP) is 1.58. The highest BCUT2D eigenvalue weighted by Crippen LogP contribution is 2.18. The van der Waals surface area contributed by atoms with Crippen molar-refractivity contribution in [1.29, 1.82) is 0 Å². The van der Waals surface area contributed by atoms with E-state index in [9.17, 15) is 9.59 Å². The van der Waals surface area contributed by atoms with E-state index < -0.39 is 0 Å². The molecule has 0 N–H and O–H groups in total. The topological polar surface area (TPSA) is 88.6 Å². The van der Waals surface area contributed by atoms with Gasteiger partial charge in [0, 0.05) is 45.8 Å². The van der Waals surface area contributed by atoms with E-state index in [-0.39, 0.29) is 18.1 Å². The molecule has 0 unspecified atom stereocenters. The summed E-state index contributed by atoms with van der Waals surface area (Å²) in [6.07, 6.45) is 4.48. The number of hydrogen-bond donors (Lipinski definition) is 0. The molecule has 0 atom stereocenters. The van der Waals surface area contributed by atoms with Crippen LogP contribution < -0.4 is 4.90 Å². The minimum atomic E-state index is -0.141. The number of aromatic nitrogens is 5. The quantitative estimate of drug-likeness (QED) is 0.565. The van der Waals surface area contributed by atoms with Crippen LogP contribution >= 0.6 is 0 Å². The van der Waals surface area contributed by atoms with Crippen molar-refractivity contribution in [3.05, 3.63) is 41.3 Å². The van der Waals surface area contributed by atoms with Crippen molar-refractivity contribution in [3.63, 3.8) is 0 Å². The third-order valence-electron chi connectivity index (χ3n) is 5.37. The number of likely N-dealkylation sites (tertiary alicyclic amines) is 1. The monoisotopic (exact) mass is 395 g/mol. The summed E-state index contributed by atoms with van der Waals surface area (Å²) >= 11 is 0. The summed E-state index contributed by atoms with van der Waals surface area (Å²) in [4.78, 5) is 34.0. The third-order valence-corrected chi connectivity index (χ3v) is 5.37. The Balaban J connectivity index is 1.58. The first-order chi connectivity index (χ1) is 14.0. The first-order valence-electron chi connectivity index (χ1n) is 9.96. The van der Waals surface area contributed by atoms with Gasteiger partial charge in [-0.15, -0.1) is 5.10 Å². The minimum absolute atomic E-state index is 0.122. The second-order valence-corrected chi connectivity index (χ2v) is 7.20. The minimum Gasteiger partial charge on any atom is -0.340 e. The van der Waals surface area contributed by atoms with Gasteiger partial charge in [0.2, 0.25) is 5.95 Å². The van der Waals surface area contributed by atoms with Crippen LogP contribution in [0.15, 0.2) is 24.5 Å². The zero-order valence-corrected chi connectivity index (χ0v) is 17.0. The maximum absolute atomic E-state index is 13.0. The molecule has 4 heterocycles. The lowest BCUT2D eigenvalue weighted by molar-refractivity contribution is 0.0647. The summed E-state index contributed by atoms with van der Waals surface area (Å²) in [5, 5.41) is 8.68. The van der Waals surface area contributed by atoms with E-state index in [0.717, 1.165) is 43.8 Å². The molecule has 3 aromatic heterocycles. The molecular weight excluding hydrogens is 370 g/mol. The van der Waals surface area contributed by atoms with Crippen molar-refractivity contribution >= 4 is 23.3 Å². The van der Waals surface area contributed by atoms with Crippen LogP contribution in [0.5, 0.6) is 0 Å². The fraction of sp³-hybridized carbons (Fsp3) is 0.450. The number of fused-ring (bicyclic) bond motifs is 1. The van der Waals surface area contributed by atoms with Gasteiger partial charge in [-0.3, -0.25) is 14.3 Å². The van der Waals surface area contributed by atoms with Crippen LogP contribution in [-0.4, -0.2) is 67.1 Å². The van der Waals surface area contributed by atoms with E-state index in [1.54, 1.807) is 16.5 Å². The molecule has 0 aromatic carbocycles. The van der Waals surface area contributed by atoms with Gasteiger partial charge in [0.15, 0.2) is 11.4 Å². The molecule has 9 nitrogen and oxygen atoms in total. The third kappa shape index (κ3) is 3.48. The summed E-state index contributed by atoms with van der Waals surface area (Å²) in [5.74, 6) is 0.410. The molecular formula is C20H25N7O2. The van der Waals surface area contributed by atoms with Gasteiger partial charge in [0.05, 0.1) is 11.8 Å². The van der Waals surface area contributed by atoms with E-state index >= 15 is 0 Å². The van der Waals surface area contributed by atoms with Gasteiger partial charge in [-0.25, -0.2) is 4.52 Å². The first kappa shape index (κ1) is 19.1. The average molecular weight is 395 g/mol. The molecule has 1 aliphatic rings. The van der Waals surface area contributed by atoms with Gasteiger partial charge in [0.1, 0.15) is 5.69 Å². The van der Waals surface area contributed by atoms with Crippen LogP contribution in [0.4, 0.5) is 5.95 Å². The van der Waals surface area contributed by atoms with Crippen molar-refractivity contribution in [2.24, 2.45) is 7.05 Å². The van der Waals surface area contributed by atoms with Crippen LogP contribution in [0.2, 0.25) is 0 Å². The van der Waals surface area contributed by atoms with Crippen molar-refractivity contribution in [3.8, 4) is 0 Å². The zero-order chi connectivity index (χ0) is 20.5. The maximum atomic E-state index is 13.0. The highest BCUT2D eigenvalue weighted by atomic mass is 16.2. The molecule has 1 fully saturated rings. The normalized spacial score (nSPS) is 13.6. The number of pyridine rings is 1. The predicted molar refractivity (Wildman–Crippen MR) is 108 cm³/mol. The second kappa shape index (κ2) is 7.65. The highest BCUT2D eigenvalue weighted by molar-refractivity contribution is 6.07. The molecule has 4 rings (SSSR count). The summed E-state index contributed by atoms with van der Waals surface area (Å²) in [5.41, 5.74) is 2.27. The molecule has 0 saturated carbocycles. The first-order valence-corrected chi connectivity index (χ1v) is 9.96. The highest BCUT2D eigenvalue weighted by Gasteiger charge is 2.28. The summed E-state index contributed by atoms with van der Waals surface area (Å²) in [7, 11) is 1.69. The maximum Gasteiger partial charge on any atom is 0.257 e. The van der Waals surface area contributed by atoms with Crippen molar-refractivity contribution < 1.29 is 9.59 Å². The number of aryl methyl sites for hydroxylation is 1. The Morgan fingerprint density at radius 2 is 1.93 bits per heavy atom. The smallest absolute Gasteiger partial charge is 0.257 e. The molecule has 1 amide bonds. The fourth-order valence-corrected chi connectivity index (χ4v) is 3.54. The molecule has 0 aliphatic carbocycles. The van der Waals surface area contributed by atoms with Gasteiger partial charge in [-0.1, -0.05) is 6.07 Å². The van der Waals surface area contributed by atoms with Crippen molar-refractivity contribution in [2.75, 3.05) is 31.1 Å².